The summed E-state index contributed by atoms with van der Waals surface area (Å²) < 4.78 is 0. The van der Waals surface area contributed by atoms with Crippen molar-refractivity contribution in [3.05, 3.63) is 69.8 Å². The van der Waals surface area contributed by atoms with Gasteiger partial charge in [0.2, 0.25) is 0 Å². The van der Waals surface area contributed by atoms with E-state index in [2.05, 4.69) is 0 Å². The molecule has 0 aliphatic heterocycles. The Morgan fingerprint density at radius 2 is 0.647 bits per heavy atom. The minimum Gasteiger partial charge on any atom is -0.481 e. The Morgan fingerprint density at radius 3 is 0.794 bits per heavy atom. The number of carbonyl (C=O) groups is 6. The van der Waals surface area contributed by atoms with Crippen LogP contribution < -0.4 is 0 Å². The minimum atomic E-state index is -1.37. The number of hydrogen-bond donors (Lipinski definition) is 6. The Morgan fingerprint density at radius 1 is 0.441 bits per heavy atom. The topological polar surface area (TPSA) is 224 Å². The van der Waals surface area contributed by atoms with Crippen LogP contribution in [0.3, 0.4) is 0 Å². The van der Waals surface area contributed by atoms with Gasteiger partial charge in [0.15, 0.2) is 0 Å². The predicted octanol–water partition coefficient (Wildman–Crippen LogP) is 1.99. The molecule has 0 aromatic heterocycles. The molecule has 12 heteroatoms. The molecule has 2 rings (SSSR count). The lowest BCUT2D eigenvalue weighted by Gasteiger charge is -2.06. The minimum absolute atomic E-state index is 0. The van der Waals surface area contributed by atoms with Crippen molar-refractivity contribution in [2.75, 3.05) is 0 Å². The molecule has 0 bridgehead atoms. The van der Waals surface area contributed by atoms with E-state index in [1.807, 2.05) is 0 Å². The van der Waals surface area contributed by atoms with Gasteiger partial charge < -0.3 is 30.6 Å². The molecule has 0 amide bonds. The maximum Gasteiger partial charge on any atom is 0.335 e. The smallest absolute Gasteiger partial charge is 0.335 e. The van der Waals surface area contributed by atoms with Gasteiger partial charge in [-0.05, 0) is 34.9 Å². The van der Waals surface area contributed by atoms with Crippen LogP contribution in [0.4, 0.5) is 0 Å². The van der Waals surface area contributed by atoms with Gasteiger partial charge in [-0.2, -0.15) is 0 Å². The molecule has 0 unspecified atom stereocenters. The van der Waals surface area contributed by atoms with Crippen molar-refractivity contribution in [1.29, 1.82) is 0 Å². The first-order valence-corrected chi connectivity index (χ1v) is 8.90. The van der Waals surface area contributed by atoms with Crippen LogP contribution in [0, 0.1) is 0 Å². The lowest BCUT2D eigenvalue weighted by atomic mass is 10.00. The highest BCUT2D eigenvalue weighted by Crippen LogP contribution is 2.13. The highest BCUT2D eigenvalue weighted by Gasteiger charge is 2.14. The van der Waals surface area contributed by atoms with E-state index in [1.54, 1.807) is 0 Å². The molecule has 12 nitrogen and oxygen atoms in total. The molecule has 2 aromatic carbocycles. The zero-order chi connectivity index (χ0) is 25.3. The maximum atomic E-state index is 10.6. The van der Waals surface area contributed by atoms with Crippen molar-refractivity contribution in [1.82, 2.24) is 0 Å². The largest absolute Gasteiger partial charge is 0.481 e. The number of aliphatic carboxylic acids is 3. The molecule has 0 aliphatic rings. The standard InChI is InChI=1S/C12H12O6.C9H6O6.CH4/c13-10(14)4-7-1-8(5-11(15)16)3-9(2-7)6-12(17)18;10-7(11)4-1-5(8(12)13)3-6(2-4)9(14)15;/h1-3H,4-6H2,(H,13,14)(H,15,16)(H,17,18);1-3H,(H,10,11)(H,12,13)(H,14,15);1H4. The third-order valence-corrected chi connectivity index (χ3v) is 3.85. The van der Waals surface area contributed by atoms with Crippen LogP contribution in [-0.4, -0.2) is 66.5 Å². The zero-order valence-corrected chi connectivity index (χ0v) is 16.7. The van der Waals surface area contributed by atoms with Crippen LogP contribution in [0.15, 0.2) is 36.4 Å². The van der Waals surface area contributed by atoms with E-state index in [-0.39, 0.29) is 43.4 Å². The summed E-state index contributed by atoms with van der Waals surface area (Å²) in [5.41, 5.74) is 0.0967. The Hall–Kier alpha value is -4.74. The van der Waals surface area contributed by atoms with Gasteiger partial charge in [-0.3, -0.25) is 14.4 Å². The monoisotopic (exact) mass is 478 g/mol. The third kappa shape index (κ3) is 10.0. The molecule has 0 fully saturated rings. The van der Waals surface area contributed by atoms with Crippen molar-refractivity contribution in [2.24, 2.45) is 0 Å². The molecule has 182 valence electrons. The molecule has 0 aliphatic carbocycles. The van der Waals surface area contributed by atoms with Gasteiger partial charge in [0.25, 0.3) is 0 Å². The third-order valence-electron chi connectivity index (χ3n) is 3.85. The fourth-order valence-corrected chi connectivity index (χ4v) is 2.67. The number of benzene rings is 2. The van der Waals surface area contributed by atoms with Crippen LogP contribution in [-0.2, 0) is 33.6 Å². The van der Waals surface area contributed by atoms with E-state index in [0.717, 1.165) is 18.2 Å². The normalized spacial score (nSPS) is 9.53. The molecule has 0 radical (unpaired) electrons. The highest BCUT2D eigenvalue weighted by atomic mass is 16.4. The summed E-state index contributed by atoms with van der Waals surface area (Å²) in [7, 11) is 0. The van der Waals surface area contributed by atoms with Gasteiger partial charge in [-0.1, -0.05) is 25.6 Å². The summed E-state index contributed by atoms with van der Waals surface area (Å²) in [6.07, 6.45) is -0.791. The van der Waals surface area contributed by atoms with Crippen molar-refractivity contribution in [3.8, 4) is 0 Å². The molecule has 0 heterocycles. The van der Waals surface area contributed by atoms with Crippen molar-refractivity contribution in [2.45, 2.75) is 26.7 Å². The summed E-state index contributed by atoms with van der Waals surface area (Å²) >= 11 is 0. The van der Waals surface area contributed by atoms with E-state index in [0.29, 0.717) is 16.7 Å². The van der Waals surface area contributed by atoms with Gasteiger partial charge in [-0.25, -0.2) is 14.4 Å². The van der Waals surface area contributed by atoms with E-state index in [4.69, 9.17) is 30.6 Å². The summed E-state index contributed by atoms with van der Waals surface area (Å²) in [5.74, 6) is -7.28. The van der Waals surface area contributed by atoms with Crippen LogP contribution >= 0.6 is 0 Å². The predicted molar refractivity (Wildman–Crippen MR) is 115 cm³/mol. The van der Waals surface area contributed by atoms with Gasteiger partial charge in [0.1, 0.15) is 0 Å². The maximum absolute atomic E-state index is 10.6. The van der Waals surface area contributed by atoms with Gasteiger partial charge in [0.05, 0.1) is 36.0 Å². The van der Waals surface area contributed by atoms with E-state index in [1.165, 1.54) is 18.2 Å². The zero-order valence-electron chi connectivity index (χ0n) is 16.7. The number of carboxylic acid groups (broad SMARTS) is 6. The summed E-state index contributed by atoms with van der Waals surface area (Å²) in [4.78, 5) is 63.5. The second kappa shape index (κ2) is 13.0. The highest BCUT2D eigenvalue weighted by molar-refractivity contribution is 5.98. The fraction of sp³-hybridized carbons (Fsp3) is 0.182. The first kappa shape index (κ1) is 29.3. The SMILES string of the molecule is C.O=C(O)Cc1cc(CC(=O)O)cc(CC(=O)O)c1.O=C(O)c1cc(C(=O)O)cc(C(=O)O)c1. The first-order chi connectivity index (χ1) is 15.3. The molecule has 0 saturated carbocycles. The van der Waals surface area contributed by atoms with Crippen molar-refractivity contribution >= 4 is 35.8 Å². The van der Waals surface area contributed by atoms with E-state index in [9.17, 15) is 28.8 Å². The number of rotatable bonds is 9. The average molecular weight is 478 g/mol. The number of carboxylic acids is 6. The second-order valence-electron chi connectivity index (χ2n) is 6.58. The van der Waals surface area contributed by atoms with Gasteiger partial charge >= 0.3 is 35.8 Å². The van der Waals surface area contributed by atoms with Crippen LogP contribution in [0.2, 0.25) is 0 Å². The number of hydrogen-bond acceptors (Lipinski definition) is 6. The van der Waals surface area contributed by atoms with Crippen molar-refractivity contribution < 1.29 is 59.4 Å². The Kier molecular flexibility index (Phi) is 11.1. The van der Waals surface area contributed by atoms with Crippen LogP contribution in [0.5, 0.6) is 0 Å². The molecule has 2 aromatic rings. The summed E-state index contributed by atoms with van der Waals surface area (Å²) in [5, 5.41) is 51.9. The van der Waals surface area contributed by atoms with Gasteiger partial charge in [0, 0.05) is 0 Å². The Balaban J connectivity index is 0.000000632. The molecule has 0 atom stereocenters. The quantitative estimate of drug-likeness (QED) is 0.304. The lowest BCUT2D eigenvalue weighted by molar-refractivity contribution is -0.137. The van der Waals surface area contributed by atoms with Crippen LogP contribution in [0.1, 0.15) is 55.2 Å². The molecular weight excluding hydrogens is 456 g/mol. The second-order valence-corrected chi connectivity index (χ2v) is 6.58. The molecule has 0 spiro atoms. The fourth-order valence-electron chi connectivity index (χ4n) is 2.67. The van der Waals surface area contributed by atoms with E-state index >= 15 is 0 Å². The van der Waals surface area contributed by atoms with Crippen LogP contribution in [0.25, 0.3) is 0 Å². The van der Waals surface area contributed by atoms with E-state index < -0.39 is 35.8 Å². The van der Waals surface area contributed by atoms with Crippen molar-refractivity contribution in [3.63, 3.8) is 0 Å². The lowest BCUT2D eigenvalue weighted by Crippen LogP contribution is -2.07. The summed E-state index contributed by atoms with van der Waals surface area (Å²) in [6.45, 7) is 0. The molecule has 0 saturated heterocycles. The van der Waals surface area contributed by atoms with Gasteiger partial charge in [-0.15, -0.1) is 0 Å². The molecule has 34 heavy (non-hydrogen) atoms. The average Bonchev–Trinajstić information content (AvgIpc) is 2.66. The molecule has 6 N–H and O–H groups in total. The Labute approximate surface area is 192 Å². The first-order valence-electron chi connectivity index (χ1n) is 8.90. The molecular formula is C22H22O12. The number of aromatic carboxylic acids is 3. The Bertz CT molecular complexity index is 954. The summed E-state index contributed by atoms with van der Waals surface area (Å²) in [6, 6.07) is 7.10.